The van der Waals surface area contributed by atoms with E-state index in [1.165, 1.54) is 16.0 Å². The molecule has 4 rings (SSSR count). The molecule has 152 valence electrons. The molecule has 5 nitrogen and oxygen atoms in total. The second-order valence-electron chi connectivity index (χ2n) is 7.68. The third-order valence-corrected chi connectivity index (χ3v) is 6.61. The maximum Gasteiger partial charge on any atom is 0.262 e. The summed E-state index contributed by atoms with van der Waals surface area (Å²) in [7, 11) is 1.66. The molecule has 2 aliphatic rings. The van der Waals surface area contributed by atoms with Gasteiger partial charge in [0.05, 0.1) is 16.6 Å². The van der Waals surface area contributed by atoms with Crippen molar-refractivity contribution in [2.24, 2.45) is 11.0 Å². The third kappa shape index (κ3) is 4.10. The molecule has 2 amide bonds. The molecule has 1 aliphatic heterocycles. The van der Waals surface area contributed by atoms with E-state index >= 15 is 0 Å². The number of carbonyl (C=O) groups is 2. The average Bonchev–Trinajstić information content (AvgIpc) is 3.48. The molecule has 0 bridgehead atoms. The van der Waals surface area contributed by atoms with Crippen LogP contribution in [0.1, 0.15) is 48.6 Å². The summed E-state index contributed by atoms with van der Waals surface area (Å²) in [6, 6.07) is 9.87. The van der Waals surface area contributed by atoms with Crippen molar-refractivity contribution in [3.05, 3.63) is 58.0 Å². The van der Waals surface area contributed by atoms with Gasteiger partial charge < -0.3 is 4.90 Å². The smallest absolute Gasteiger partial charge is 0.262 e. The lowest BCUT2D eigenvalue weighted by molar-refractivity contribution is -0.142. The van der Waals surface area contributed by atoms with Gasteiger partial charge in [0.1, 0.15) is 12.4 Å². The summed E-state index contributed by atoms with van der Waals surface area (Å²) in [5, 5.41) is 7.87. The molecule has 7 heteroatoms. The molecule has 29 heavy (non-hydrogen) atoms. The van der Waals surface area contributed by atoms with Crippen molar-refractivity contribution in [1.82, 2.24) is 9.91 Å². The second kappa shape index (κ2) is 8.45. The van der Waals surface area contributed by atoms with Crippen molar-refractivity contribution in [1.29, 1.82) is 0 Å². The minimum atomic E-state index is -0.504. The summed E-state index contributed by atoms with van der Waals surface area (Å²) in [4.78, 5) is 28.2. The van der Waals surface area contributed by atoms with Crippen molar-refractivity contribution in [2.45, 2.75) is 38.1 Å². The van der Waals surface area contributed by atoms with Gasteiger partial charge in [-0.3, -0.25) is 9.59 Å². The average molecular weight is 414 g/mol. The second-order valence-corrected chi connectivity index (χ2v) is 8.63. The molecule has 0 N–H and O–H groups in total. The minimum absolute atomic E-state index is 0.0129. The van der Waals surface area contributed by atoms with Gasteiger partial charge in [-0.2, -0.15) is 5.10 Å². The molecule has 1 aromatic heterocycles. The topological polar surface area (TPSA) is 53.0 Å². The van der Waals surface area contributed by atoms with E-state index in [4.69, 9.17) is 0 Å². The summed E-state index contributed by atoms with van der Waals surface area (Å²) >= 11 is 1.54. The Morgan fingerprint density at radius 3 is 2.66 bits per heavy atom. The quantitative estimate of drug-likeness (QED) is 0.737. The van der Waals surface area contributed by atoms with Crippen LogP contribution in [0.2, 0.25) is 0 Å². The number of rotatable bonds is 5. The van der Waals surface area contributed by atoms with Crippen LogP contribution < -0.4 is 0 Å². The summed E-state index contributed by atoms with van der Waals surface area (Å²) in [6.07, 6.45) is 4.36. The molecule has 1 atom stereocenters. The Morgan fingerprint density at radius 2 is 1.97 bits per heavy atom. The van der Waals surface area contributed by atoms with E-state index in [2.05, 4.69) is 5.10 Å². The highest BCUT2D eigenvalue weighted by Crippen LogP contribution is 2.35. The van der Waals surface area contributed by atoms with E-state index in [1.807, 2.05) is 17.5 Å². The number of carbonyl (C=O) groups excluding carboxylic acids is 2. The molecule has 1 aromatic carbocycles. The van der Waals surface area contributed by atoms with Crippen molar-refractivity contribution >= 4 is 28.9 Å². The number of hydrogen-bond acceptors (Lipinski definition) is 4. The number of nitrogens with zero attached hydrogens (tertiary/aromatic N) is 3. The van der Waals surface area contributed by atoms with Crippen LogP contribution in [0.5, 0.6) is 0 Å². The van der Waals surface area contributed by atoms with Gasteiger partial charge in [0.25, 0.3) is 5.91 Å². The predicted octanol–water partition coefficient (Wildman–Crippen LogP) is 4.21. The lowest BCUT2D eigenvalue weighted by atomic mass is 10.0. The van der Waals surface area contributed by atoms with E-state index in [-0.39, 0.29) is 30.1 Å². The van der Waals surface area contributed by atoms with Gasteiger partial charge in [0, 0.05) is 24.9 Å². The SMILES string of the molecule is CN(CC(=O)N1N=C(c2cccs2)C[C@@H]1c1ccccc1F)C(=O)C1CCCC1. The molecule has 2 aromatic rings. The van der Waals surface area contributed by atoms with Crippen LogP contribution in [0.25, 0.3) is 0 Å². The van der Waals surface area contributed by atoms with Crippen LogP contribution in [0.15, 0.2) is 46.9 Å². The highest BCUT2D eigenvalue weighted by Gasteiger charge is 2.36. The molecular weight excluding hydrogens is 389 g/mol. The predicted molar refractivity (Wildman–Crippen MR) is 111 cm³/mol. The Labute approximate surface area is 173 Å². The number of likely N-dealkylation sites (N-methyl/N-ethyl adjacent to an activating group) is 1. The van der Waals surface area contributed by atoms with Crippen molar-refractivity contribution in [2.75, 3.05) is 13.6 Å². The van der Waals surface area contributed by atoms with Gasteiger partial charge in [-0.25, -0.2) is 9.40 Å². The summed E-state index contributed by atoms with van der Waals surface area (Å²) in [5.41, 5.74) is 1.22. The van der Waals surface area contributed by atoms with Gasteiger partial charge in [-0.15, -0.1) is 11.3 Å². The van der Waals surface area contributed by atoms with Crippen LogP contribution in [-0.4, -0.2) is 41.0 Å². The molecule has 0 saturated heterocycles. The van der Waals surface area contributed by atoms with Gasteiger partial charge in [-0.1, -0.05) is 37.1 Å². The maximum absolute atomic E-state index is 14.5. The molecule has 1 fully saturated rings. The minimum Gasteiger partial charge on any atom is -0.336 e. The number of hydrazone groups is 1. The standard InChI is InChI=1S/C22H24FN3O2S/c1-25(22(28)15-7-2-3-8-15)14-21(27)26-19(16-9-4-5-10-17(16)23)13-18(24-26)20-11-6-12-29-20/h4-6,9-12,15,19H,2-3,7-8,13-14H2,1H3/t19-/m1/s1. The first-order valence-corrected chi connectivity index (χ1v) is 10.9. The van der Waals surface area contributed by atoms with Crippen LogP contribution in [0, 0.1) is 11.7 Å². The zero-order valence-electron chi connectivity index (χ0n) is 16.4. The first kappa shape index (κ1) is 19.8. The fourth-order valence-electron chi connectivity index (χ4n) is 4.16. The van der Waals surface area contributed by atoms with Gasteiger partial charge in [0.15, 0.2) is 0 Å². The van der Waals surface area contributed by atoms with Crippen LogP contribution in [0.4, 0.5) is 4.39 Å². The highest BCUT2D eigenvalue weighted by atomic mass is 32.1. The van der Waals surface area contributed by atoms with Crippen molar-refractivity contribution in [3.8, 4) is 0 Å². The molecule has 0 spiro atoms. The Morgan fingerprint density at radius 1 is 1.21 bits per heavy atom. The zero-order valence-corrected chi connectivity index (χ0v) is 17.2. The largest absolute Gasteiger partial charge is 0.336 e. The van der Waals surface area contributed by atoms with E-state index in [0.29, 0.717) is 12.0 Å². The molecule has 0 unspecified atom stereocenters. The van der Waals surface area contributed by atoms with E-state index < -0.39 is 6.04 Å². The normalized spacial score (nSPS) is 19.4. The Balaban J connectivity index is 1.56. The first-order valence-electron chi connectivity index (χ1n) is 9.97. The van der Waals surface area contributed by atoms with Gasteiger partial charge >= 0.3 is 0 Å². The fourth-order valence-corrected chi connectivity index (χ4v) is 4.88. The lowest BCUT2D eigenvalue weighted by Crippen LogP contribution is -2.41. The molecule has 2 heterocycles. The zero-order chi connectivity index (χ0) is 20.4. The Hall–Kier alpha value is -2.54. The fraction of sp³-hybridized carbons (Fsp3) is 0.409. The molecule has 0 radical (unpaired) electrons. The van der Waals surface area contributed by atoms with Gasteiger partial charge in [0.2, 0.25) is 5.91 Å². The van der Waals surface area contributed by atoms with E-state index in [0.717, 1.165) is 36.3 Å². The van der Waals surface area contributed by atoms with E-state index in [9.17, 15) is 14.0 Å². The molecule has 1 aliphatic carbocycles. The number of hydrogen-bond donors (Lipinski definition) is 0. The van der Waals surface area contributed by atoms with Crippen molar-refractivity contribution in [3.63, 3.8) is 0 Å². The Kier molecular flexibility index (Phi) is 5.76. The highest BCUT2D eigenvalue weighted by molar-refractivity contribution is 7.12. The number of thiophene rings is 1. The molecular formula is C22H24FN3O2S. The maximum atomic E-state index is 14.5. The molecule has 1 saturated carbocycles. The third-order valence-electron chi connectivity index (χ3n) is 5.69. The summed E-state index contributed by atoms with van der Waals surface area (Å²) in [6.45, 7) is -0.0541. The van der Waals surface area contributed by atoms with Crippen LogP contribution >= 0.6 is 11.3 Å². The summed E-state index contributed by atoms with van der Waals surface area (Å²) in [5.74, 6) is -0.620. The monoisotopic (exact) mass is 413 g/mol. The summed E-state index contributed by atoms with van der Waals surface area (Å²) < 4.78 is 14.5. The first-order chi connectivity index (χ1) is 14.0. The van der Waals surface area contributed by atoms with Crippen LogP contribution in [-0.2, 0) is 9.59 Å². The lowest BCUT2D eigenvalue weighted by Gasteiger charge is -2.26. The number of amides is 2. The number of halogens is 1. The van der Waals surface area contributed by atoms with Gasteiger partial charge in [-0.05, 0) is 30.4 Å². The van der Waals surface area contributed by atoms with Crippen LogP contribution in [0.3, 0.4) is 0 Å². The number of benzene rings is 1. The Bertz CT molecular complexity index is 922. The van der Waals surface area contributed by atoms with Crippen molar-refractivity contribution < 1.29 is 14.0 Å². The van der Waals surface area contributed by atoms with E-state index in [1.54, 1.807) is 36.6 Å².